The number of hydrogen-bond donors (Lipinski definition) is 2. The molecule has 0 bridgehead atoms. The minimum atomic E-state index is -1.21. The second-order valence-corrected chi connectivity index (χ2v) is 7.34. The molecule has 0 unspecified atom stereocenters. The average Bonchev–Trinajstić information content (AvgIpc) is 3.10. The van der Waals surface area contributed by atoms with Gasteiger partial charge in [0.25, 0.3) is 11.8 Å². The van der Waals surface area contributed by atoms with Crippen molar-refractivity contribution in [3.05, 3.63) is 60.2 Å². The Morgan fingerprint density at radius 1 is 0.969 bits per heavy atom. The maximum absolute atomic E-state index is 13.1. The third-order valence-corrected chi connectivity index (χ3v) is 5.07. The number of carbonyl (C=O) groups is 5. The lowest BCUT2D eigenvalue weighted by molar-refractivity contribution is -0.198. The molecule has 0 aliphatic carbocycles. The first-order valence-electron chi connectivity index (χ1n) is 10.0. The number of rotatable bonds is 5. The number of anilines is 2. The van der Waals surface area contributed by atoms with Gasteiger partial charge in [0.2, 0.25) is 5.91 Å². The predicted octanol–water partition coefficient (Wildman–Crippen LogP) is 1.37. The topological polar surface area (TPSA) is 125 Å². The van der Waals surface area contributed by atoms with Gasteiger partial charge in [-0.05, 0) is 17.7 Å². The van der Waals surface area contributed by atoms with E-state index in [4.69, 9.17) is 4.84 Å². The molecule has 5 amide bonds. The number of amides is 5. The van der Waals surface area contributed by atoms with Gasteiger partial charge in [0.15, 0.2) is 0 Å². The Balaban J connectivity index is 1.55. The normalized spacial score (nSPS) is 16.3. The molecule has 2 aliphatic rings. The highest BCUT2D eigenvalue weighted by atomic mass is 16.7. The van der Waals surface area contributed by atoms with Crippen LogP contribution in [0.2, 0.25) is 0 Å². The Hall–Kier alpha value is -4.21. The smallest absolute Gasteiger partial charge is 0.328 e. The Bertz CT molecular complexity index is 1070. The fourth-order valence-electron chi connectivity index (χ4n) is 3.50. The number of hydroxylamine groups is 2. The van der Waals surface area contributed by atoms with Gasteiger partial charge in [-0.25, -0.2) is 9.59 Å². The van der Waals surface area contributed by atoms with Crippen LogP contribution in [0.5, 0.6) is 0 Å². The lowest BCUT2D eigenvalue weighted by Gasteiger charge is -2.30. The molecule has 2 N–H and O–H groups in total. The number of fused-ring (bicyclic) bond motifs is 1. The second kappa shape index (κ2) is 8.88. The van der Waals surface area contributed by atoms with Gasteiger partial charge < -0.3 is 15.5 Å². The summed E-state index contributed by atoms with van der Waals surface area (Å²) in [5.74, 6) is -2.57. The van der Waals surface area contributed by atoms with Gasteiger partial charge in [0.05, 0.1) is 11.4 Å². The van der Waals surface area contributed by atoms with Gasteiger partial charge >= 0.3 is 12.0 Å². The van der Waals surface area contributed by atoms with Crippen LogP contribution < -0.4 is 15.5 Å². The summed E-state index contributed by atoms with van der Waals surface area (Å²) in [4.78, 5) is 67.9. The molecule has 1 saturated heterocycles. The van der Waals surface area contributed by atoms with Crippen LogP contribution in [0.3, 0.4) is 0 Å². The van der Waals surface area contributed by atoms with Crippen LogP contribution in [0.1, 0.15) is 18.4 Å². The molecular formula is C22H20N4O6. The van der Waals surface area contributed by atoms with Crippen LogP contribution >= 0.6 is 0 Å². The Morgan fingerprint density at radius 3 is 2.34 bits per heavy atom. The quantitative estimate of drug-likeness (QED) is 0.682. The molecule has 1 fully saturated rings. The molecule has 2 aliphatic heterocycles. The Morgan fingerprint density at radius 2 is 1.62 bits per heavy atom. The number of carbonyl (C=O) groups excluding carboxylic acids is 5. The number of benzene rings is 2. The lowest BCUT2D eigenvalue weighted by atomic mass is 10.1. The highest BCUT2D eigenvalue weighted by molar-refractivity contribution is 6.10. The molecule has 2 aromatic carbocycles. The van der Waals surface area contributed by atoms with E-state index in [1.54, 1.807) is 54.6 Å². The van der Waals surface area contributed by atoms with Gasteiger partial charge in [0.1, 0.15) is 12.6 Å². The average molecular weight is 436 g/mol. The summed E-state index contributed by atoms with van der Waals surface area (Å²) < 4.78 is 0. The standard InChI is InChI=1S/C22H20N4O6/c27-18-13-25(17-9-5-4-8-15(17)23-18)22(31)24-16(12-14-6-2-1-3-7-14)21(30)32-26-19(28)10-11-20(26)29/h1-9,16H,10-13H2,(H,23,27)(H,24,31)/t16-/m0/s1. The first kappa shape index (κ1) is 21.0. The van der Waals surface area contributed by atoms with E-state index in [1.807, 2.05) is 0 Å². The molecule has 2 aromatic rings. The van der Waals surface area contributed by atoms with Crippen LogP contribution in [0, 0.1) is 0 Å². The van der Waals surface area contributed by atoms with E-state index in [-0.39, 0.29) is 31.7 Å². The number of hydrogen-bond acceptors (Lipinski definition) is 6. The number of imide groups is 1. The number of nitrogens with zero attached hydrogens (tertiary/aromatic N) is 2. The zero-order valence-corrected chi connectivity index (χ0v) is 16.9. The minimum Gasteiger partial charge on any atom is -0.328 e. The van der Waals surface area contributed by atoms with Crippen LogP contribution in [0.4, 0.5) is 16.2 Å². The molecule has 10 heteroatoms. The number of urea groups is 1. The van der Waals surface area contributed by atoms with Crippen LogP contribution in [0.25, 0.3) is 0 Å². The number of nitrogens with one attached hydrogen (secondary N) is 2. The van der Waals surface area contributed by atoms with Crippen molar-refractivity contribution in [3.8, 4) is 0 Å². The highest BCUT2D eigenvalue weighted by Gasteiger charge is 2.36. The van der Waals surface area contributed by atoms with E-state index in [0.717, 1.165) is 5.56 Å². The molecule has 164 valence electrons. The highest BCUT2D eigenvalue weighted by Crippen LogP contribution is 2.29. The molecule has 4 rings (SSSR count). The molecule has 0 radical (unpaired) electrons. The van der Waals surface area contributed by atoms with Gasteiger partial charge in [0, 0.05) is 19.3 Å². The number of para-hydroxylation sites is 2. The summed E-state index contributed by atoms with van der Waals surface area (Å²) in [6, 6.07) is 13.8. The van der Waals surface area contributed by atoms with Gasteiger partial charge in [-0.2, -0.15) is 0 Å². The molecule has 32 heavy (non-hydrogen) atoms. The van der Waals surface area contributed by atoms with Crippen molar-refractivity contribution >= 4 is 41.1 Å². The van der Waals surface area contributed by atoms with E-state index in [1.165, 1.54) is 4.90 Å². The first-order chi connectivity index (χ1) is 15.4. The largest absolute Gasteiger partial charge is 0.355 e. The van der Waals surface area contributed by atoms with E-state index < -0.39 is 29.9 Å². The molecule has 0 aromatic heterocycles. The molecule has 1 atom stereocenters. The van der Waals surface area contributed by atoms with Gasteiger partial charge in [-0.3, -0.25) is 19.3 Å². The summed E-state index contributed by atoms with van der Waals surface area (Å²) in [6.07, 6.45) is -0.0215. The Labute approximate surface area is 183 Å². The summed E-state index contributed by atoms with van der Waals surface area (Å²) in [7, 11) is 0. The third-order valence-electron chi connectivity index (χ3n) is 5.07. The van der Waals surface area contributed by atoms with Crippen LogP contribution in [-0.4, -0.2) is 47.4 Å². The second-order valence-electron chi connectivity index (χ2n) is 7.34. The van der Waals surface area contributed by atoms with Crippen molar-refractivity contribution in [1.82, 2.24) is 10.4 Å². The maximum Gasteiger partial charge on any atom is 0.355 e. The van der Waals surface area contributed by atoms with Gasteiger partial charge in [-0.1, -0.05) is 42.5 Å². The van der Waals surface area contributed by atoms with Crippen molar-refractivity contribution in [1.29, 1.82) is 0 Å². The van der Waals surface area contributed by atoms with Crippen molar-refractivity contribution in [2.75, 3.05) is 16.8 Å². The van der Waals surface area contributed by atoms with Crippen molar-refractivity contribution < 1.29 is 28.8 Å². The SMILES string of the molecule is O=C1CN(C(=O)N[C@@H](Cc2ccccc2)C(=O)ON2C(=O)CCC2=O)c2ccccc2N1. The molecule has 0 saturated carbocycles. The molecular weight excluding hydrogens is 416 g/mol. The van der Waals surface area contributed by atoms with Crippen LogP contribution in [0.15, 0.2) is 54.6 Å². The van der Waals surface area contributed by atoms with E-state index in [9.17, 15) is 24.0 Å². The van der Waals surface area contributed by atoms with E-state index >= 15 is 0 Å². The van der Waals surface area contributed by atoms with Crippen molar-refractivity contribution in [3.63, 3.8) is 0 Å². The summed E-state index contributed by atoms with van der Waals surface area (Å²) in [5.41, 5.74) is 1.67. The third kappa shape index (κ3) is 4.43. The zero-order valence-electron chi connectivity index (χ0n) is 16.9. The molecule has 0 spiro atoms. The maximum atomic E-state index is 13.1. The fourth-order valence-corrected chi connectivity index (χ4v) is 3.50. The fraction of sp³-hybridized carbons (Fsp3) is 0.227. The monoisotopic (exact) mass is 436 g/mol. The Kier molecular flexibility index (Phi) is 5.84. The zero-order chi connectivity index (χ0) is 22.7. The molecule has 10 nitrogen and oxygen atoms in total. The van der Waals surface area contributed by atoms with Crippen molar-refractivity contribution in [2.45, 2.75) is 25.3 Å². The summed E-state index contributed by atoms with van der Waals surface area (Å²) in [6.45, 7) is -0.237. The summed E-state index contributed by atoms with van der Waals surface area (Å²) in [5, 5.41) is 5.71. The van der Waals surface area contributed by atoms with Crippen molar-refractivity contribution in [2.24, 2.45) is 0 Å². The molecule has 2 heterocycles. The minimum absolute atomic E-state index is 0.0402. The van der Waals surface area contributed by atoms with Crippen LogP contribution in [-0.2, 0) is 30.4 Å². The lowest BCUT2D eigenvalue weighted by Crippen LogP contribution is -2.53. The predicted molar refractivity (Wildman–Crippen MR) is 112 cm³/mol. The van der Waals surface area contributed by atoms with Gasteiger partial charge in [-0.15, -0.1) is 5.06 Å². The summed E-state index contributed by atoms with van der Waals surface area (Å²) >= 11 is 0. The first-order valence-corrected chi connectivity index (χ1v) is 10.0. The van der Waals surface area contributed by atoms with E-state index in [2.05, 4.69) is 10.6 Å². The van der Waals surface area contributed by atoms with E-state index in [0.29, 0.717) is 16.4 Å².